The SMILES string of the molecule is Cc1cc(Cl)cc(-c2ccnc3cc(CN4C(=O)C5C(C4=O)C5(C)C)sc23)c1NC(=O)[C@H]1CCN(I)C1. The van der Waals surface area contributed by atoms with Gasteiger partial charge in [0.1, 0.15) is 0 Å². The van der Waals surface area contributed by atoms with E-state index in [9.17, 15) is 14.4 Å². The molecular formula is C27H26ClIN4O3S. The number of piperidine rings is 1. The lowest BCUT2D eigenvalue weighted by Crippen LogP contribution is -2.35. The molecule has 1 N–H and O–H groups in total. The number of rotatable bonds is 5. The smallest absolute Gasteiger partial charge is 0.234 e. The van der Waals surface area contributed by atoms with Crippen molar-refractivity contribution in [3.05, 3.63) is 45.9 Å². The fourth-order valence-corrected chi connectivity index (χ4v) is 8.03. The molecule has 4 heterocycles. The molecule has 2 aromatic heterocycles. The maximum absolute atomic E-state index is 13.1. The van der Waals surface area contributed by atoms with Crippen LogP contribution in [0.5, 0.6) is 0 Å². The molecule has 1 saturated carbocycles. The van der Waals surface area contributed by atoms with Crippen molar-refractivity contribution >= 4 is 79.4 Å². The molecule has 3 amide bonds. The van der Waals surface area contributed by atoms with Gasteiger partial charge in [-0.1, -0.05) is 25.4 Å². The summed E-state index contributed by atoms with van der Waals surface area (Å²) in [4.78, 5) is 45.7. The van der Waals surface area contributed by atoms with E-state index in [0.29, 0.717) is 5.02 Å². The number of pyridine rings is 1. The van der Waals surface area contributed by atoms with Gasteiger partial charge in [-0.05, 0) is 48.6 Å². The third-order valence-corrected chi connectivity index (χ3v) is 10.3. The maximum atomic E-state index is 13.1. The molecule has 192 valence electrons. The second-order valence-electron chi connectivity index (χ2n) is 10.8. The monoisotopic (exact) mass is 648 g/mol. The number of fused-ring (bicyclic) bond motifs is 2. The van der Waals surface area contributed by atoms with E-state index in [0.717, 1.165) is 57.0 Å². The average Bonchev–Trinajstić information content (AvgIpc) is 3.22. The lowest BCUT2D eigenvalue weighted by molar-refractivity contribution is -0.143. The van der Waals surface area contributed by atoms with Crippen molar-refractivity contribution in [2.75, 3.05) is 18.4 Å². The first-order valence-electron chi connectivity index (χ1n) is 12.3. The van der Waals surface area contributed by atoms with Crippen LogP contribution in [0.15, 0.2) is 30.5 Å². The van der Waals surface area contributed by atoms with E-state index in [1.165, 1.54) is 16.2 Å². The van der Waals surface area contributed by atoms with Crippen molar-refractivity contribution in [2.24, 2.45) is 23.2 Å². The molecule has 37 heavy (non-hydrogen) atoms. The summed E-state index contributed by atoms with van der Waals surface area (Å²) in [5, 5.41) is 3.77. The van der Waals surface area contributed by atoms with Gasteiger partial charge >= 0.3 is 0 Å². The first-order valence-corrected chi connectivity index (χ1v) is 14.5. The van der Waals surface area contributed by atoms with Crippen molar-refractivity contribution in [1.29, 1.82) is 0 Å². The molecule has 0 spiro atoms. The number of carbonyl (C=O) groups excluding carboxylic acids is 3. The zero-order chi connectivity index (χ0) is 26.2. The molecule has 2 saturated heterocycles. The molecule has 3 aromatic rings. The second-order valence-corrected chi connectivity index (χ2v) is 13.8. The first-order chi connectivity index (χ1) is 17.6. The fourth-order valence-electron chi connectivity index (χ4n) is 5.87. The van der Waals surface area contributed by atoms with Gasteiger partial charge in [0.25, 0.3) is 0 Å². The molecule has 3 aliphatic rings. The van der Waals surface area contributed by atoms with Gasteiger partial charge < -0.3 is 5.32 Å². The van der Waals surface area contributed by atoms with Gasteiger partial charge in [0.15, 0.2) is 0 Å². The zero-order valence-electron chi connectivity index (χ0n) is 20.7. The van der Waals surface area contributed by atoms with Crippen LogP contribution in [0.2, 0.25) is 5.02 Å². The highest BCUT2D eigenvalue weighted by atomic mass is 127. The molecule has 3 fully saturated rings. The summed E-state index contributed by atoms with van der Waals surface area (Å²) in [7, 11) is 0. The molecule has 0 radical (unpaired) electrons. The molecule has 10 heteroatoms. The number of anilines is 1. The van der Waals surface area contributed by atoms with Crippen LogP contribution >= 0.6 is 45.8 Å². The van der Waals surface area contributed by atoms with E-state index in [2.05, 4.69) is 36.3 Å². The number of aryl methyl sites for hydroxylation is 1. The van der Waals surface area contributed by atoms with Gasteiger partial charge in [-0.15, -0.1) is 11.3 Å². The minimum absolute atomic E-state index is 0.00977. The van der Waals surface area contributed by atoms with Crippen molar-refractivity contribution in [3.8, 4) is 11.1 Å². The predicted octanol–water partition coefficient (Wildman–Crippen LogP) is 5.68. The van der Waals surface area contributed by atoms with Crippen molar-refractivity contribution in [1.82, 2.24) is 13.0 Å². The van der Waals surface area contributed by atoms with Crippen molar-refractivity contribution in [2.45, 2.75) is 33.7 Å². The Hall–Kier alpha value is -2.08. The van der Waals surface area contributed by atoms with Crippen LogP contribution in [0.1, 0.15) is 30.7 Å². The van der Waals surface area contributed by atoms with Gasteiger partial charge in [0, 0.05) is 63.2 Å². The Kier molecular flexibility index (Phi) is 6.13. The third-order valence-electron chi connectivity index (χ3n) is 8.02. The Morgan fingerprint density at radius 2 is 1.95 bits per heavy atom. The van der Waals surface area contributed by atoms with Crippen LogP contribution in [0.4, 0.5) is 5.69 Å². The Bertz CT molecular complexity index is 1460. The number of hydrogen-bond donors (Lipinski definition) is 1. The van der Waals surface area contributed by atoms with Gasteiger partial charge in [-0.2, -0.15) is 0 Å². The average molecular weight is 649 g/mol. The molecule has 7 nitrogen and oxygen atoms in total. The molecule has 1 aromatic carbocycles. The Labute approximate surface area is 238 Å². The normalized spacial score (nSPS) is 24.7. The number of hydrogen-bond acceptors (Lipinski definition) is 6. The summed E-state index contributed by atoms with van der Waals surface area (Å²) in [5.41, 5.74) is 3.94. The van der Waals surface area contributed by atoms with Gasteiger partial charge in [0.05, 0.1) is 40.2 Å². The van der Waals surface area contributed by atoms with Crippen LogP contribution in [0, 0.1) is 30.1 Å². The number of imide groups is 1. The maximum Gasteiger partial charge on any atom is 0.234 e. The largest absolute Gasteiger partial charge is 0.325 e. The van der Waals surface area contributed by atoms with Crippen LogP contribution in [-0.4, -0.2) is 43.8 Å². The second kappa shape index (κ2) is 9.00. The molecule has 2 aliphatic heterocycles. The fraction of sp³-hybridized carbons (Fsp3) is 0.407. The minimum Gasteiger partial charge on any atom is -0.325 e. The number of likely N-dealkylation sites (tertiary alicyclic amines) is 1. The number of nitrogens with zero attached hydrogens (tertiary/aromatic N) is 3. The van der Waals surface area contributed by atoms with E-state index < -0.39 is 0 Å². The number of nitrogens with one attached hydrogen (secondary N) is 1. The molecule has 1 aliphatic carbocycles. The number of amides is 3. The van der Waals surface area contributed by atoms with Crippen LogP contribution in [0.25, 0.3) is 21.3 Å². The lowest BCUT2D eigenvalue weighted by Gasteiger charge is -2.19. The standard InChI is InChI=1S/C27H26ClIN4O3S/c1-13-8-15(28)9-18(22(13)31-24(34)14-5-7-32(29)11-14)17-4-6-30-19-10-16(37-23(17)19)12-33-25(35)20-21(26(33)36)27(20,2)3/h4,6,8-10,14,20-21H,5,7,11-12H2,1-3H3,(H,31,34)/t14-,20?,21?/m0/s1. The van der Waals surface area contributed by atoms with Crippen LogP contribution < -0.4 is 5.32 Å². The van der Waals surface area contributed by atoms with E-state index >= 15 is 0 Å². The molecular weight excluding hydrogens is 623 g/mol. The molecule has 3 atom stereocenters. The highest BCUT2D eigenvalue weighted by Gasteiger charge is 2.72. The zero-order valence-corrected chi connectivity index (χ0v) is 24.4. The van der Waals surface area contributed by atoms with E-state index in [-0.39, 0.29) is 47.4 Å². The summed E-state index contributed by atoms with van der Waals surface area (Å²) in [6, 6.07) is 7.61. The van der Waals surface area contributed by atoms with E-state index in [1.54, 1.807) is 6.20 Å². The Morgan fingerprint density at radius 3 is 2.62 bits per heavy atom. The molecule has 2 unspecified atom stereocenters. The predicted molar refractivity (Wildman–Crippen MR) is 153 cm³/mol. The number of carbonyl (C=O) groups is 3. The van der Waals surface area contributed by atoms with Crippen LogP contribution in [-0.2, 0) is 20.9 Å². The van der Waals surface area contributed by atoms with Crippen LogP contribution in [0.3, 0.4) is 0 Å². The highest BCUT2D eigenvalue weighted by Crippen LogP contribution is 2.63. The topological polar surface area (TPSA) is 82.6 Å². The number of benzene rings is 1. The lowest BCUT2D eigenvalue weighted by atomic mass is 9.99. The van der Waals surface area contributed by atoms with Crippen molar-refractivity contribution < 1.29 is 14.4 Å². The van der Waals surface area contributed by atoms with E-state index in [4.69, 9.17) is 11.6 Å². The number of aromatic nitrogens is 1. The van der Waals surface area contributed by atoms with Crippen molar-refractivity contribution in [3.63, 3.8) is 0 Å². The van der Waals surface area contributed by atoms with Gasteiger partial charge in [-0.25, -0.2) is 3.11 Å². The van der Waals surface area contributed by atoms with Gasteiger partial charge in [0.2, 0.25) is 17.7 Å². The first kappa shape index (κ1) is 25.2. The summed E-state index contributed by atoms with van der Waals surface area (Å²) >= 11 is 10.3. The van der Waals surface area contributed by atoms with Gasteiger partial charge in [-0.3, -0.25) is 24.3 Å². The molecule has 6 rings (SSSR count). The highest BCUT2D eigenvalue weighted by molar-refractivity contribution is 14.1. The summed E-state index contributed by atoms with van der Waals surface area (Å²) in [6.07, 6.45) is 2.57. The third kappa shape index (κ3) is 4.18. The summed E-state index contributed by atoms with van der Waals surface area (Å²) in [6.45, 7) is 7.80. The number of halogens is 2. The Balaban J connectivity index is 1.34. The Morgan fingerprint density at radius 1 is 1.22 bits per heavy atom. The molecule has 0 bridgehead atoms. The number of thiophene rings is 1. The van der Waals surface area contributed by atoms with E-state index in [1.807, 2.05) is 45.0 Å². The quantitative estimate of drug-likeness (QED) is 0.219. The summed E-state index contributed by atoms with van der Waals surface area (Å²) < 4.78 is 3.07. The minimum atomic E-state index is -0.224. The summed E-state index contributed by atoms with van der Waals surface area (Å²) in [5.74, 6) is -0.574.